The number of rotatable bonds is 5. The average molecular weight is 485 g/mol. The summed E-state index contributed by atoms with van der Waals surface area (Å²) in [6, 6.07) is 13.0. The third kappa shape index (κ3) is 4.93. The number of ether oxygens (including phenoxy) is 2. The number of fused-ring (bicyclic) bond motifs is 1. The van der Waals surface area contributed by atoms with Crippen LogP contribution in [0.25, 0.3) is 6.08 Å². The van der Waals surface area contributed by atoms with Gasteiger partial charge in [-0.25, -0.2) is 0 Å². The Morgan fingerprint density at radius 2 is 2.00 bits per heavy atom. The normalized spacial score (nSPS) is 17.8. The van der Waals surface area contributed by atoms with E-state index < -0.39 is 0 Å². The van der Waals surface area contributed by atoms with Gasteiger partial charge in [-0.3, -0.25) is 14.5 Å². The zero-order chi connectivity index (χ0) is 21.8. The van der Waals surface area contributed by atoms with Gasteiger partial charge in [0, 0.05) is 6.04 Å². The van der Waals surface area contributed by atoms with E-state index in [1.807, 2.05) is 30.3 Å². The van der Waals surface area contributed by atoms with Crippen LogP contribution in [0.1, 0.15) is 37.7 Å². The van der Waals surface area contributed by atoms with Gasteiger partial charge in [-0.1, -0.05) is 37.5 Å². The topological polar surface area (TPSA) is 67.9 Å². The van der Waals surface area contributed by atoms with E-state index in [1.54, 1.807) is 25.3 Å². The van der Waals surface area contributed by atoms with Crippen molar-refractivity contribution < 1.29 is 19.1 Å². The molecule has 2 aromatic carbocycles. The Kier molecular flexibility index (Phi) is 6.61. The van der Waals surface area contributed by atoms with E-state index in [4.69, 9.17) is 9.47 Å². The molecule has 31 heavy (non-hydrogen) atoms. The van der Waals surface area contributed by atoms with Crippen molar-refractivity contribution in [3.8, 4) is 11.5 Å². The predicted octanol–water partition coefficient (Wildman–Crippen LogP) is 4.67. The lowest BCUT2D eigenvalue weighted by molar-refractivity contribution is -0.124. The van der Waals surface area contributed by atoms with Crippen molar-refractivity contribution in [2.45, 2.75) is 38.1 Å². The molecule has 2 aromatic rings. The van der Waals surface area contributed by atoms with Crippen molar-refractivity contribution >= 4 is 39.5 Å². The molecule has 162 valence electrons. The number of amides is 2. The van der Waals surface area contributed by atoms with Gasteiger partial charge in [0.05, 0.1) is 17.3 Å². The number of hydrogen-bond acceptors (Lipinski definition) is 4. The van der Waals surface area contributed by atoms with Crippen molar-refractivity contribution in [1.29, 1.82) is 0 Å². The minimum absolute atomic E-state index is 0.0423. The van der Waals surface area contributed by atoms with Gasteiger partial charge in [0.1, 0.15) is 12.3 Å². The molecule has 1 aliphatic heterocycles. The molecule has 2 amide bonds. The highest BCUT2D eigenvalue weighted by Gasteiger charge is 2.32. The Balaban J connectivity index is 1.58. The fraction of sp³-hybridized carbons (Fsp3) is 0.333. The fourth-order valence-corrected chi connectivity index (χ4v) is 4.57. The van der Waals surface area contributed by atoms with Gasteiger partial charge >= 0.3 is 0 Å². The summed E-state index contributed by atoms with van der Waals surface area (Å²) in [4.78, 5) is 27.5. The summed E-state index contributed by atoms with van der Waals surface area (Å²) < 4.78 is 11.9. The number of methoxy groups -OCH3 is 1. The number of para-hydroxylation sites is 2. The SMILES string of the molecule is COc1ccc(C=C2Oc3ccccc3N(CC(=O)NC3CCCCC3)C2=O)cc1Br. The van der Waals surface area contributed by atoms with Crippen molar-refractivity contribution in [3.05, 3.63) is 58.3 Å². The second-order valence-electron chi connectivity index (χ2n) is 7.77. The molecule has 1 N–H and O–H groups in total. The lowest BCUT2D eigenvalue weighted by atomic mass is 9.95. The monoisotopic (exact) mass is 484 g/mol. The third-order valence-corrected chi connectivity index (χ3v) is 6.20. The summed E-state index contributed by atoms with van der Waals surface area (Å²) in [6.45, 7) is -0.0423. The highest BCUT2D eigenvalue weighted by Crippen LogP contribution is 2.36. The zero-order valence-electron chi connectivity index (χ0n) is 17.4. The van der Waals surface area contributed by atoms with E-state index in [0.29, 0.717) is 17.2 Å². The number of halogens is 1. The van der Waals surface area contributed by atoms with Gasteiger partial charge in [0.2, 0.25) is 5.91 Å². The summed E-state index contributed by atoms with van der Waals surface area (Å²) in [7, 11) is 1.60. The van der Waals surface area contributed by atoms with E-state index in [1.165, 1.54) is 11.3 Å². The number of nitrogens with zero attached hydrogens (tertiary/aromatic N) is 1. The molecule has 0 spiro atoms. The van der Waals surface area contributed by atoms with E-state index in [0.717, 1.165) is 35.7 Å². The first-order valence-electron chi connectivity index (χ1n) is 10.5. The van der Waals surface area contributed by atoms with E-state index >= 15 is 0 Å². The number of nitrogens with one attached hydrogen (secondary N) is 1. The van der Waals surface area contributed by atoms with Gasteiger partial charge in [-0.2, -0.15) is 0 Å². The van der Waals surface area contributed by atoms with Crippen molar-refractivity contribution in [2.24, 2.45) is 0 Å². The molecule has 0 bridgehead atoms. The smallest absolute Gasteiger partial charge is 0.294 e. The highest BCUT2D eigenvalue weighted by atomic mass is 79.9. The molecule has 0 radical (unpaired) electrons. The molecular weight excluding hydrogens is 460 g/mol. The van der Waals surface area contributed by atoms with Crippen LogP contribution in [0.4, 0.5) is 5.69 Å². The van der Waals surface area contributed by atoms with Crippen LogP contribution < -0.4 is 19.7 Å². The minimum atomic E-state index is -0.343. The number of carbonyl (C=O) groups excluding carboxylic acids is 2. The fourth-order valence-electron chi connectivity index (χ4n) is 4.01. The summed E-state index contributed by atoms with van der Waals surface area (Å²) in [5.74, 6) is 0.921. The van der Waals surface area contributed by atoms with Crippen molar-refractivity contribution in [1.82, 2.24) is 5.32 Å². The van der Waals surface area contributed by atoms with Crippen LogP contribution >= 0.6 is 15.9 Å². The Morgan fingerprint density at radius 1 is 1.23 bits per heavy atom. The van der Waals surface area contributed by atoms with Crippen molar-refractivity contribution in [2.75, 3.05) is 18.6 Å². The van der Waals surface area contributed by atoms with Crippen LogP contribution in [0.3, 0.4) is 0 Å². The Hall–Kier alpha value is -2.80. The molecule has 1 saturated carbocycles. The van der Waals surface area contributed by atoms with Gasteiger partial charge in [0.15, 0.2) is 11.5 Å². The maximum absolute atomic E-state index is 13.2. The minimum Gasteiger partial charge on any atom is -0.496 e. The van der Waals surface area contributed by atoms with Gasteiger partial charge in [-0.05, 0) is 64.7 Å². The number of anilines is 1. The van der Waals surface area contributed by atoms with E-state index in [2.05, 4.69) is 21.2 Å². The van der Waals surface area contributed by atoms with Gasteiger partial charge in [-0.15, -0.1) is 0 Å². The maximum atomic E-state index is 13.2. The molecule has 1 heterocycles. The zero-order valence-corrected chi connectivity index (χ0v) is 19.0. The Bertz CT molecular complexity index is 1010. The standard InChI is InChI=1S/C24H25BrN2O4/c1-30-20-12-11-16(13-18(20)25)14-22-24(29)27(19-9-5-6-10-21(19)31-22)15-23(28)26-17-7-3-2-4-8-17/h5-6,9-14,17H,2-4,7-8,15H2,1H3,(H,26,28). The average Bonchev–Trinajstić information content (AvgIpc) is 2.77. The molecule has 7 heteroatoms. The summed E-state index contributed by atoms with van der Waals surface area (Å²) >= 11 is 3.46. The Labute approximate surface area is 190 Å². The lowest BCUT2D eigenvalue weighted by Crippen LogP contribution is -2.47. The molecule has 2 aliphatic rings. The van der Waals surface area contributed by atoms with Crippen LogP contribution in [-0.2, 0) is 9.59 Å². The highest BCUT2D eigenvalue weighted by molar-refractivity contribution is 9.10. The first-order valence-corrected chi connectivity index (χ1v) is 11.3. The molecule has 0 atom stereocenters. The van der Waals surface area contributed by atoms with Crippen LogP contribution in [0.15, 0.2) is 52.7 Å². The molecule has 0 aromatic heterocycles. The van der Waals surface area contributed by atoms with Crippen LogP contribution in [0, 0.1) is 0 Å². The first kappa shape index (κ1) is 21.4. The van der Waals surface area contributed by atoms with E-state index in [-0.39, 0.29) is 30.2 Å². The molecular formula is C24H25BrN2O4. The van der Waals surface area contributed by atoms with Crippen LogP contribution in [0.2, 0.25) is 0 Å². The maximum Gasteiger partial charge on any atom is 0.294 e. The quantitative estimate of drug-likeness (QED) is 0.625. The number of carbonyl (C=O) groups is 2. The summed E-state index contributed by atoms with van der Waals surface area (Å²) in [5.41, 5.74) is 1.38. The molecule has 0 unspecified atom stereocenters. The van der Waals surface area contributed by atoms with E-state index in [9.17, 15) is 9.59 Å². The van der Waals surface area contributed by atoms with Gasteiger partial charge in [0.25, 0.3) is 5.91 Å². The van der Waals surface area contributed by atoms with Crippen LogP contribution in [-0.4, -0.2) is 31.5 Å². The third-order valence-electron chi connectivity index (χ3n) is 5.58. The molecule has 1 aliphatic carbocycles. The summed E-state index contributed by atoms with van der Waals surface area (Å²) in [5, 5.41) is 3.09. The van der Waals surface area contributed by atoms with Crippen molar-refractivity contribution in [3.63, 3.8) is 0 Å². The van der Waals surface area contributed by atoms with Gasteiger partial charge < -0.3 is 14.8 Å². The summed E-state index contributed by atoms with van der Waals surface area (Å²) in [6.07, 6.45) is 7.16. The lowest BCUT2D eigenvalue weighted by Gasteiger charge is -2.31. The molecule has 1 fully saturated rings. The molecule has 0 saturated heterocycles. The molecule has 4 rings (SSSR count). The number of benzene rings is 2. The molecule has 6 nitrogen and oxygen atoms in total. The predicted molar refractivity (Wildman–Crippen MR) is 123 cm³/mol. The first-order chi connectivity index (χ1) is 15.0. The second-order valence-corrected chi connectivity index (χ2v) is 8.62. The second kappa shape index (κ2) is 9.56. The largest absolute Gasteiger partial charge is 0.496 e. The van der Waals surface area contributed by atoms with Crippen LogP contribution in [0.5, 0.6) is 11.5 Å². The Morgan fingerprint density at radius 3 is 2.74 bits per heavy atom. The number of hydrogen-bond donors (Lipinski definition) is 1.